The van der Waals surface area contributed by atoms with E-state index in [0.717, 1.165) is 24.3 Å². The molecule has 2 rings (SSSR count). The Bertz CT molecular complexity index is 328. The van der Waals surface area contributed by atoms with Crippen molar-refractivity contribution in [3.8, 4) is 0 Å². The molecule has 0 saturated heterocycles. The molecule has 3 heteroatoms. The van der Waals surface area contributed by atoms with E-state index in [1.54, 1.807) is 0 Å². The first-order valence-corrected chi connectivity index (χ1v) is 7.71. The predicted octanol–water partition coefficient (Wildman–Crippen LogP) is 2.84. The van der Waals surface area contributed by atoms with Crippen molar-refractivity contribution < 1.29 is 0 Å². The van der Waals surface area contributed by atoms with Crippen molar-refractivity contribution in [1.82, 2.24) is 9.88 Å². The van der Waals surface area contributed by atoms with Gasteiger partial charge in [0, 0.05) is 36.1 Å². The van der Waals surface area contributed by atoms with Crippen molar-refractivity contribution in [2.75, 3.05) is 19.8 Å². The molecule has 0 bridgehead atoms. The zero-order valence-corrected chi connectivity index (χ0v) is 11.6. The van der Waals surface area contributed by atoms with E-state index in [1.165, 1.54) is 25.0 Å². The Morgan fingerprint density at radius 2 is 2.29 bits per heavy atom. The Hall–Kier alpha value is -0.540. The quantitative estimate of drug-likeness (QED) is 0.799. The van der Waals surface area contributed by atoms with Crippen LogP contribution in [0.5, 0.6) is 0 Å². The molecular weight excluding hydrogens is 228 g/mol. The van der Waals surface area contributed by atoms with E-state index in [-0.39, 0.29) is 0 Å². The van der Waals surface area contributed by atoms with Crippen LogP contribution in [0.1, 0.15) is 25.0 Å². The minimum Gasteiger partial charge on any atom is -0.303 e. The van der Waals surface area contributed by atoms with Crippen molar-refractivity contribution in [2.24, 2.45) is 0 Å². The van der Waals surface area contributed by atoms with Gasteiger partial charge in [-0.2, -0.15) is 11.8 Å². The predicted molar refractivity (Wildman–Crippen MR) is 75.5 cm³/mol. The fourth-order valence-corrected chi connectivity index (χ4v) is 3.34. The lowest BCUT2D eigenvalue weighted by molar-refractivity contribution is 0.248. The summed E-state index contributed by atoms with van der Waals surface area (Å²) in [5.74, 6) is 0. The van der Waals surface area contributed by atoms with E-state index < -0.39 is 0 Å². The summed E-state index contributed by atoms with van der Waals surface area (Å²) in [6, 6.07) is 6.96. The van der Waals surface area contributed by atoms with Crippen LogP contribution in [0, 0.1) is 0 Å². The fraction of sp³-hybridized carbons (Fsp3) is 0.643. The van der Waals surface area contributed by atoms with E-state index >= 15 is 0 Å². The van der Waals surface area contributed by atoms with Crippen LogP contribution in [0.4, 0.5) is 0 Å². The zero-order valence-electron chi connectivity index (χ0n) is 10.8. The molecule has 2 nitrogen and oxygen atoms in total. The van der Waals surface area contributed by atoms with Gasteiger partial charge in [-0.3, -0.25) is 4.98 Å². The summed E-state index contributed by atoms with van der Waals surface area (Å²) >= 11 is 2.03. The Morgan fingerprint density at radius 3 is 2.94 bits per heavy atom. The van der Waals surface area contributed by atoms with Crippen LogP contribution in [0.3, 0.4) is 0 Å². The molecule has 0 spiro atoms. The van der Waals surface area contributed by atoms with Crippen molar-refractivity contribution in [2.45, 2.75) is 37.0 Å². The lowest BCUT2D eigenvalue weighted by atomic mass is 10.2. The molecule has 1 saturated carbocycles. The van der Waals surface area contributed by atoms with Crippen LogP contribution < -0.4 is 0 Å². The van der Waals surface area contributed by atoms with Crippen molar-refractivity contribution in [3.05, 3.63) is 30.1 Å². The second-order valence-electron chi connectivity index (χ2n) is 4.88. The van der Waals surface area contributed by atoms with Crippen LogP contribution in [-0.4, -0.2) is 41.0 Å². The SMILES string of the molecule is CS[C@@H]1CC[C@H](N(C)CCc2ccccn2)C1. The first-order valence-electron chi connectivity index (χ1n) is 6.42. The topological polar surface area (TPSA) is 16.1 Å². The Labute approximate surface area is 109 Å². The number of thioether (sulfide) groups is 1. The average molecular weight is 250 g/mol. The number of hydrogen-bond acceptors (Lipinski definition) is 3. The van der Waals surface area contributed by atoms with Crippen LogP contribution in [-0.2, 0) is 6.42 Å². The molecular formula is C14H22N2S. The third-order valence-corrected chi connectivity index (χ3v) is 4.86. The Balaban J connectivity index is 1.76. The van der Waals surface area contributed by atoms with Gasteiger partial charge in [0.2, 0.25) is 0 Å². The highest BCUT2D eigenvalue weighted by Gasteiger charge is 2.26. The molecule has 0 radical (unpaired) electrons. The summed E-state index contributed by atoms with van der Waals surface area (Å²) in [7, 11) is 2.26. The molecule has 0 N–H and O–H groups in total. The van der Waals surface area contributed by atoms with Gasteiger partial charge < -0.3 is 4.90 Å². The Kier molecular flexibility index (Phi) is 4.86. The molecule has 94 valence electrons. The summed E-state index contributed by atoms with van der Waals surface area (Å²) in [5, 5.41) is 0.886. The van der Waals surface area contributed by atoms with Gasteiger partial charge in [0.05, 0.1) is 0 Å². The normalized spacial score (nSPS) is 24.4. The molecule has 17 heavy (non-hydrogen) atoms. The number of aromatic nitrogens is 1. The minimum absolute atomic E-state index is 0.788. The zero-order chi connectivity index (χ0) is 12.1. The molecule has 1 heterocycles. The summed E-state index contributed by atoms with van der Waals surface area (Å²) in [6.45, 7) is 1.13. The molecule has 2 atom stereocenters. The molecule has 0 amide bonds. The van der Waals surface area contributed by atoms with Gasteiger partial charge >= 0.3 is 0 Å². The van der Waals surface area contributed by atoms with Gasteiger partial charge in [0.25, 0.3) is 0 Å². The van der Waals surface area contributed by atoms with Gasteiger partial charge in [-0.25, -0.2) is 0 Å². The summed E-state index contributed by atoms with van der Waals surface area (Å²) in [5.41, 5.74) is 1.21. The van der Waals surface area contributed by atoms with Gasteiger partial charge in [0.1, 0.15) is 0 Å². The van der Waals surface area contributed by atoms with Crippen LogP contribution in [0.25, 0.3) is 0 Å². The number of likely N-dealkylation sites (N-methyl/N-ethyl adjacent to an activating group) is 1. The van der Waals surface area contributed by atoms with Crippen LogP contribution in [0.15, 0.2) is 24.4 Å². The second kappa shape index (κ2) is 6.41. The monoisotopic (exact) mass is 250 g/mol. The summed E-state index contributed by atoms with van der Waals surface area (Å²) < 4.78 is 0. The van der Waals surface area contributed by atoms with Gasteiger partial charge in [-0.1, -0.05) is 6.07 Å². The molecule has 1 aromatic heterocycles. The van der Waals surface area contributed by atoms with E-state index in [4.69, 9.17) is 0 Å². The maximum absolute atomic E-state index is 4.38. The molecule has 0 unspecified atom stereocenters. The maximum atomic E-state index is 4.38. The number of nitrogens with zero attached hydrogens (tertiary/aromatic N) is 2. The number of hydrogen-bond donors (Lipinski definition) is 0. The van der Waals surface area contributed by atoms with Gasteiger partial charge in [-0.05, 0) is 44.7 Å². The van der Waals surface area contributed by atoms with Gasteiger partial charge in [-0.15, -0.1) is 0 Å². The highest BCUT2D eigenvalue weighted by Crippen LogP contribution is 2.30. The summed E-state index contributed by atoms with van der Waals surface area (Å²) in [6.07, 6.45) is 9.30. The van der Waals surface area contributed by atoms with Gasteiger partial charge in [0.15, 0.2) is 0 Å². The molecule has 1 aromatic rings. The van der Waals surface area contributed by atoms with Crippen molar-refractivity contribution in [1.29, 1.82) is 0 Å². The third kappa shape index (κ3) is 3.71. The highest BCUT2D eigenvalue weighted by molar-refractivity contribution is 7.99. The van der Waals surface area contributed by atoms with E-state index in [0.29, 0.717) is 0 Å². The Morgan fingerprint density at radius 1 is 1.41 bits per heavy atom. The van der Waals surface area contributed by atoms with Crippen LogP contribution >= 0.6 is 11.8 Å². The molecule has 0 aromatic carbocycles. The smallest absolute Gasteiger partial charge is 0.0416 e. The number of pyridine rings is 1. The molecule has 1 fully saturated rings. The third-order valence-electron chi connectivity index (χ3n) is 3.76. The fourth-order valence-electron chi connectivity index (χ4n) is 2.55. The van der Waals surface area contributed by atoms with Crippen LogP contribution in [0.2, 0.25) is 0 Å². The maximum Gasteiger partial charge on any atom is 0.0416 e. The summed E-state index contributed by atoms with van der Waals surface area (Å²) in [4.78, 5) is 6.90. The first-order chi connectivity index (χ1) is 8.29. The molecule has 1 aliphatic carbocycles. The van der Waals surface area contributed by atoms with Crippen molar-refractivity contribution >= 4 is 11.8 Å². The van der Waals surface area contributed by atoms with E-state index in [9.17, 15) is 0 Å². The minimum atomic E-state index is 0.788. The largest absolute Gasteiger partial charge is 0.303 e. The van der Waals surface area contributed by atoms with Crippen molar-refractivity contribution in [3.63, 3.8) is 0 Å². The second-order valence-corrected chi connectivity index (χ2v) is 6.01. The van der Waals surface area contributed by atoms with E-state index in [2.05, 4.69) is 35.3 Å². The lowest BCUT2D eigenvalue weighted by Gasteiger charge is -2.24. The average Bonchev–Trinajstić information content (AvgIpc) is 2.86. The molecule has 1 aliphatic rings. The van der Waals surface area contributed by atoms with E-state index in [1.807, 2.05) is 24.0 Å². The number of rotatable bonds is 5. The molecule has 0 aliphatic heterocycles. The highest BCUT2D eigenvalue weighted by atomic mass is 32.2. The first kappa shape index (κ1) is 12.9. The lowest BCUT2D eigenvalue weighted by Crippen LogP contribution is -2.31. The standard InChI is InChI=1S/C14H22N2S/c1-16(13-6-7-14(11-13)17-2)10-8-12-5-3-4-9-15-12/h3-5,9,13-14H,6-8,10-11H2,1-2H3/t13-,14+/m0/s1.